The van der Waals surface area contributed by atoms with Crippen LogP contribution in [0.3, 0.4) is 0 Å². The number of carbonyl (C=O) groups is 2. The maximum absolute atomic E-state index is 13.7. The molecule has 1 aliphatic heterocycles. The van der Waals surface area contributed by atoms with Crippen LogP contribution in [0.1, 0.15) is 89.4 Å². The number of alkyl halides is 3. The Hall–Kier alpha value is -4.39. The number of aromatic nitrogens is 3. The van der Waals surface area contributed by atoms with Crippen molar-refractivity contribution in [2.24, 2.45) is 0 Å². The van der Waals surface area contributed by atoms with E-state index in [0.717, 1.165) is 65.2 Å². The van der Waals surface area contributed by atoms with E-state index in [1.807, 2.05) is 28.8 Å². The number of hydrogen-bond donors (Lipinski definition) is 1. The van der Waals surface area contributed by atoms with E-state index in [4.69, 9.17) is 4.74 Å². The Labute approximate surface area is 270 Å². The summed E-state index contributed by atoms with van der Waals surface area (Å²) in [7, 11) is -2.38. The molecule has 2 aliphatic rings. The Bertz CT molecular complexity index is 2020. The highest BCUT2D eigenvalue weighted by Crippen LogP contribution is 2.48. The van der Waals surface area contributed by atoms with Crippen molar-refractivity contribution < 1.29 is 35.9 Å². The molecule has 248 valence electrons. The van der Waals surface area contributed by atoms with Gasteiger partial charge in [0.25, 0.3) is 5.91 Å². The van der Waals surface area contributed by atoms with E-state index in [9.17, 15) is 31.2 Å². The topological polar surface area (TPSA) is 112 Å². The van der Waals surface area contributed by atoms with Gasteiger partial charge in [-0.05, 0) is 85.7 Å². The Kier molecular flexibility index (Phi) is 8.54. The number of carbonyl (C=O) groups excluding carboxylic acids is 2. The standard InChI is InChI=1S/C34H35F3N4O5S/c1-20(2)47(44,45)39-33(43)22-9-11-28-29(15-22)40-17-24(31-25(18-42)16-38-41(31)19-34(35,36)37)13-23-14-26(46-3)10-12-27(23)32(40)30(28)21-7-5-4-6-8-21/h9-16,18,20-21H,4-8,17,19H2,1-3H3,(H,39,43). The molecule has 1 saturated carbocycles. The molecular weight excluding hydrogens is 633 g/mol. The molecule has 1 amide bonds. The zero-order chi connectivity index (χ0) is 33.7. The van der Waals surface area contributed by atoms with Crippen LogP contribution in [0.15, 0.2) is 42.6 Å². The third-order valence-electron chi connectivity index (χ3n) is 9.03. The highest BCUT2D eigenvalue weighted by Gasteiger charge is 2.34. The van der Waals surface area contributed by atoms with Gasteiger partial charge in [-0.25, -0.2) is 13.1 Å². The summed E-state index contributed by atoms with van der Waals surface area (Å²) in [6.07, 6.45) is 3.90. The van der Waals surface area contributed by atoms with Crippen LogP contribution >= 0.6 is 0 Å². The van der Waals surface area contributed by atoms with Gasteiger partial charge < -0.3 is 9.30 Å². The maximum atomic E-state index is 13.7. The molecular formula is C34H35F3N4O5S. The van der Waals surface area contributed by atoms with Gasteiger partial charge in [0, 0.05) is 22.0 Å². The number of sulfonamides is 1. The molecule has 1 N–H and O–H groups in total. The van der Waals surface area contributed by atoms with Crippen LogP contribution in [-0.4, -0.2) is 53.5 Å². The molecule has 6 rings (SSSR count). The Morgan fingerprint density at radius 1 is 1.11 bits per heavy atom. The van der Waals surface area contributed by atoms with Crippen molar-refractivity contribution in [3.05, 3.63) is 70.5 Å². The van der Waals surface area contributed by atoms with Crippen molar-refractivity contribution in [2.45, 2.75) is 76.4 Å². The number of benzene rings is 2. The Morgan fingerprint density at radius 2 is 1.85 bits per heavy atom. The van der Waals surface area contributed by atoms with Crippen molar-refractivity contribution in [3.63, 3.8) is 0 Å². The summed E-state index contributed by atoms with van der Waals surface area (Å²) in [6, 6.07) is 10.6. The van der Waals surface area contributed by atoms with Gasteiger partial charge in [0.1, 0.15) is 12.3 Å². The fraction of sp³-hybridized carbons (Fsp3) is 0.382. The average molecular weight is 669 g/mol. The van der Waals surface area contributed by atoms with Crippen LogP contribution in [0.25, 0.3) is 33.8 Å². The molecule has 2 aromatic carbocycles. The molecule has 0 unspecified atom stereocenters. The highest BCUT2D eigenvalue weighted by molar-refractivity contribution is 7.90. The van der Waals surface area contributed by atoms with Crippen LogP contribution in [-0.2, 0) is 23.1 Å². The van der Waals surface area contributed by atoms with Gasteiger partial charge in [0.15, 0.2) is 6.29 Å². The molecule has 0 spiro atoms. The number of amides is 1. The van der Waals surface area contributed by atoms with E-state index in [1.165, 1.54) is 21.0 Å². The van der Waals surface area contributed by atoms with Crippen molar-refractivity contribution >= 4 is 44.8 Å². The summed E-state index contributed by atoms with van der Waals surface area (Å²) in [4.78, 5) is 25.4. The number of aldehydes is 1. The number of fused-ring (bicyclic) bond motifs is 5. The molecule has 47 heavy (non-hydrogen) atoms. The quantitative estimate of drug-likeness (QED) is 0.203. The Morgan fingerprint density at radius 3 is 2.51 bits per heavy atom. The molecule has 3 heterocycles. The minimum atomic E-state index is -4.59. The lowest BCUT2D eigenvalue weighted by atomic mass is 9.81. The fourth-order valence-electron chi connectivity index (χ4n) is 6.76. The predicted octanol–water partition coefficient (Wildman–Crippen LogP) is 6.96. The molecule has 4 aromatic rings. The number of halogens is 3. The van der Waals surface area contributed by atoms with E-state index in [0.29, 0.717) is 28.7 Å². The van der Waals surface area contributed by atoms with Crippen molar-refractivity contribution in [2.75, 3.05) is 7.11 Å². The number of ether oxygens (including phenoxy) is 1. The van der Waals surface area contributed by atoms with Gasteiger partial charge in [-0.3, -0.25) is 14.3 Å². The van der Waals surface area contributed by atoms with Crippen molar-refractivity contribution in [1.82, 2.24) is 19.1 Å². The molecule has 0 atom stereocenters. The van der Waals surface area contributed by atoms with Gasteiger partial charge in [-0.1, -0.05) is 25.3 Å². The first-order valence-corrected chi connectivity index (χ1v) is 17.0. The minimum Gasteiger partial charge on any atom is -0.497 e. The first kappa shape index (κ1) is 32.5. The molecule has 9 nitrogen and oxygen atoms in total. The number of rotatable bonds is 8. The van der Waals surface area contributed by atoms with Gasteiger partial charge in [-0.15, -0.1) is 0 Å². The summed E-state index contributed by atoms with van der Waals surface area (Å²) in [5.74, 6) is -0.0504. The smallest absolute Gasteiger partial charge is 0.408 e. The monoisotopic (exact) mass is 668 g/mol. The zero-order valence-corrected chi connectivity index (χ0v) is 27.0. The average Bonchev–Trinajstić information content (AvgIpc) is 3.52. The van der Waals surface area contributed by atoms with Crippen LogP contribution < -0.4 is 9.46 Å². The van der Waals surface area contributed by atoms with Crippen LogP contribution in [0, 0.1) is 0 Å². The summed E-state index contributed by atoms with van der Waals surface area (Å²) in [5, 5.41) is 3.98. The molecule has 0 saturated heterocycles. The zero-order valence-electron chi connectivity index (χ0n) is 26.2. The van der Waals surface area contributed by atoms with Crippen LogP contribution in [0.5, 0.6) is 5.75 Å². The third kappa shape index (κ3) is 6.20. The number of nitrogens with one attached hydrogen (secondary N) is 1. The summed E-state index contributed by atoms with van der Waals surface area (Å²) in [5.41, 5.74) is 4.65. The van der Waals surface area contributed by atoms with Crippen molar-refractivity contribution in [1.29, 1.82) is 0 Å². The lowest BCUT2D eigenvalue weighted by molar-refractivity contribution is -0.142. The molecule has 13 heteroatoms. The summed E-state index contributed by atoms with van der Waals surface area (Å²) >= 11 is 0. The molecule has 0 radical (unpaired) electrons. The lowest BCUT2D eigenvalue weighted by Gasteiger charge is -2.24. The number of methoxy groups -OCH3 is 1. The molecule has 1 fully saturated rings. The summed E-state index contributed by atoms with van der Waals surface area (Å²) < 4.78 is 76.6. The first-order valence-electron chi connectivity index (χ1n) is 15.5. The number of allylic oxidation sites excluding steroid dienone is 1. The third-order valence-corrected chi connectivity index (χ3v) is 10.7. The van der Waals surface area contributed by atoms with Gasteiger partial charge in [0.05, 0.1) is 42.1 Å². The highest BCUT2D eigenvalue weighted by atomic mass is 32.2. The van der Waals surface area contributed by atoms with E-state index in [2.05, 4.69) is 9.82 Å². The molecule has 2 aromatic heterocycles. The van der Waals surface area contributed by atoms with Gasteiger partial charge in [0.2, 0.25) is 10.0 Å². The predicted molar refractivity (Wildman–Crippen MR) is 173 cm³/mol. The minimum absolute atomic E-state index is 0.0105. The van der Waals surface area contributed by atoms with E-state index in [-0.39, 0.29) is 29.3 Å². The number of hydrogen-bond acceptors (Lipinski definition) is 6. The van der Waals surface area contributed by atoms with E-state index >= 15 is 0 Å². The second-order valence-electron chi connectivity index (χ2n) is 12.4. The summed E-state index contributed by atoms with van der Waals surface area (Å²) in [6.45, 7) is 1.61. The maximum Gasteiger partial charge on any atom is 0.408 e. The second kappa shape index (κ2) is 12.3. The fourth-order valence-corrected chi connectivity index (χ4v) is 7.37. The van der Waals surface area contributed by atoms with Crippen molar-refractivity contribution in [3.8, 4) is 17.0 Å². The van der Waals surface area contributed by atoms with Gasteiger partial charge in [-0.2, -0.15) is 18.3 Å². The second-order valence-corrected chi connectivity index (χ2v) is 14.6. The number of nitrogens with zero attached hydrogens (tertiary/aromatic N) is 3. The van der Waals surface area contributed by atoms with Gasteiger partial charge >= 0.3 is 6.18 Å². The normalized spacial score (nSPS) is 15.6. The SMILES string of the molecule is COc1ccc2c(c1)C=C(c1c(C=O)cnn1CC(F)(F)F)Cn1c-2c(C2CCCCC2)c2ccc(C(=O)NS(=O)(=O)C(C)C)cc21. The Balaban J connectivity index is 1.63. The van der Waals surface area contributed by atoms with Crippen LogP contribution in [0.2, 0.25) is 0 Å². The lowest BCUT2D eigenvalue weighted by Crippen LogP contribution is -2.35. The van der Waals surface area contributed by atoms with Crippen LogP contribution in [0.4, 0.5) is 13.2 Å². The molecule has 0 bridgehead atoms. The largest absolute Gasteiger partial charge is 0.497 e. The molecule has 1 aliphatic carbocycles. The first-order chi connectivity index (χ1) is 22.3. The van der Waals surface area contributed by atoms with E-state index < -0.39 is 33.9 Å². The van der Waals surface area contributed by atoms with E-state index in [1.54, 1.807) is 18.2 Å².